The molecule has 1 atom stereocenters. The second-order valence-electron chi connectivity index (χ2n) is 2.88. The van der Waals surface area contributed by atoms with Gasteiger partial charge in [0, 0.05) is 11.7 Å². The van der Waals surface area contributed by atoms with Gasteiger partial charge < -0.3 is 5.32 Å². The number of halogens is 3. The summed E-state index contributed by atoms with van der Waals surface area (Å²) in [6.45, 7) is 3.30. The lowest BCUT2D eigenvalue weighted by Gasteiger charge is -2.20. The van der Waals surface area contributed by atoms with Gasteiger partial charge in [-0.15, -0.1) is 0 Å². The molecule has 0 saturated heterocycles. The van der Waals surface area contributed by atoms with E-state index in [1.807, 2.05) is 0 Å². The molecule has 1 heterocycles. The summed E-state index contributed by atoms with van der Waals surface area (Å²) in [6.07, 6.45) is -1.94. The number of alkyl halides is 3. The van der Waals surface area contributed by atoms with Crippen molar-refractivity contribution in [3.8, 4) is 0 Å². The topological polar surface area (TPSA) is 12.0 Å². The second kappa shape index (κ2) is 2.84. The van der Waals surface area contributed by atoms with E-state index < -0.39 is 11.7 Å². The zero-order valence-corrected chi connectivity index (χ0v) is 6.87. The van der Waals surface area contributed by atoms with E-state index in [9.17, 15) is 13.2 Å². The Kier molecular flexibility index (Phi) is 2.17. The van der Waals surface area contributed by atoms with Crippen LogP contribution in [0.3, 0.4) is 0 Å². The van der Waals surface area contributed by atoms with Gasteiger partial charge in [0.05, 0.1) is 5.57 Å². The van der Waals surface area contributed by atoms with Gasteiger partial charge >= 0.3 is 6.18 Å². The van der Waals surface area contributed by atoms with Crippen molar-refractivity contribution in [2.24, 2.45) is 0 Å². The molecule has 1 aliphatic rings. The predicted octanol–water partition coefficient (Wildman–Crippen LogP) is 2.37. The van der Waals surface area contributed by atoms with Crippen molar-refractivity contribution >= 4 is 0 Å². The maximum Gasteiger partial charge on any atom is 0.416 e. The third-order valence-electron chi connectivity index (χ3n) is 1.58. The van der Waals surface area contributed by atoms with Gasteiger partial charge in [-0.05, 0) is 19.9 Å². The van der Waals surface area contributed by atoms with Gasteiger partial charge in [-0.25, -0.2) is 0 Å². The first-order chi connectivity index (χ1) is 5.39. The van der Waals surface area contributed by atoms with Crippen molar-refractivity contribution in [3.63, 3.8) is 0 Å². The molecule has 0 saturated carbocycles. The van der Waals surface area contributed by atoms with Gasteiger partial charge in [-0.2, -0.15) is 13.2 Å². The van der Waals surface area contributed by atoms with Crippen LogP contribution in [0.4, 0.5) is 13.2 Å². The van der Waals surface area contributed by atoms with Gasteiger partial charge in [0.25, 0.3) is 0 Å². The first kappa shape index (κ1) is 9.16. The van der Waals surface area contributed by atoms with Crippen LogP contribution < -0.4 is 5.32 Å². The summed E-state index contributed by atoms with van der Waals surface area (Å²) in [4.78, 5) is 0. The van der Waals surface area contributed by atoms with Crippen molar-refractivity contribution in [3.05, 3.63) is 23.4 Å². The molecule has 12 heavy (non-hydrogen) atoms. The number of hydrogen-bond acceptors (Lipinski definition) is 1. The Hall–Kier alpha value is -0.930. The molecule has 1 nitrogen and oxygen atoms in total. The van der Waals surface area contributed by atoms with E-state index >= 15 is 0 Å². The first-order valence-corrected chi connectivity index (χ1v) is 3.63. The summed E-state index contributed by atoms with van der Waals surface area (Å²) >= 11 is 0. The Morgan fingerprint density at radius 2 is 2.00 bits per heavy atom. The van der Waals surface area contributed by atoms with Crippen LogP contribution in [0.15, 0.2) is 23.4 Å². The Balaban J connectivity index is 2.91. The molecule has 0 radical (unpaired) electrons. The highest BCUT2D eigenvalue weighted by molar-refractivity contribution is 5.31. The Morgan fingerprint density at radius 3 is 2.42 bits per heavy atom. The molecule has 4 heteroatoms. The molecule has 0 fully saturated rings. The van der Waals surface area contributed by atoms with E-state index in [0.29, 0.717) is 5.70 Å². The maximum absolute atomic E-state index is 12.1. The van der Waals surface area contributed by atoms with Crippen LogP contribution in [0.2, 0.25) is 0 Å². The van der Waals surface area contributed by atoms with Gasteiger partial charge in [-0.1, -0.05) is 6.08 Å². The van der Waals surface area contributed by atoms with Crippen LogP contribution in [0, 0.1) is 0 Å². The SMILES string of the molecule is CC1=CC(C(F)(F)F)=CC(C)N1. The normalized spacial score (nSPS) is 24.2. The minimum atomic E-state index is -4.22. The summed E-state index contributed by atoms with van der Waals surface area (Å²) in [5.74, 6) is 0. The lowest BCUT2D eigenvalue weighted by atomic mass is 10.1. The third kappa shape index (κ3) is 2.03. The molecular formula is C8H10F3N. The largest absolute Gasteiger partial charge is 0.416 e. The molecule has 0 aromatic rings. The summed E-state index contributed by atoms with van der Waals surface area (Å²) in [7, 11) is 0. The van der Waals surface area contributed by atoms with Crippen LogP contribution in [0.5, 0.6) is 0 Å². The van der Waals surface area contributed by atoms with Crippen molar-refractivity contribution in [1.82, 2.24) is 5.32 Å². The fourth-order valence-corrected chi connectivity index (χ4v) is 1.17. The molecule has 1 N–H and O–H groups in total. The smallest absolute Gasteiger partial charge is 0.383 e. The number of hydrogen-bond donors (Lipinski definition) is 1. The lowest BCUT2D eigenvalue weighted by molar-refractivity contribution is -0.0888. The summed E-state index contributed by atoms with van der Waals surface area (Å²) in [5.41, 5.74) is -0.0106. The van der Waals surface area contributed by atoms with Gasteiger partial charge in [-0.3, -0.25) is 0 Å². The van der Waals surface area contributed by atoms with E-state index in [4.69, 9.17) is 0 Å². The fourth-order valence-electron chi connectivity index (χ4n) is 1.17. The maximum atomic E-state index is 12.1. The highest BCUT2D eigenvalue weighted by atomic mass is 19.4. The molecule has 1 aliphatic heterocycles. The van der Waals surface area contributed by atoms with Crippen LogP contribution in [0.1, 0.15) is 13.8 Å². The molecule has 0 amide bonds. The van der Waals surface area contributed by atoms with Gasteiger partial charge in [0.15, 0.2) is 0 Å². The third-order valence-corrected chi connectivity index (χ3v) is 1.58. The second-order valence-corrected chi connectivity index (χ2v) is 2.88. The number of allylic oxidation sites excluding steroid dienone is 3. The minimum absolute atomic E-state index is 0.244. The number of nitrogens with one attached hydrogen (secondary N) is 1. The molecular weight excluding hydrogens is 167 g/mol. The first-order valence-electron chi connectivity index (χ1n) is 3.63. The Labute approximate surface area is 69.0 Å². The van der Waals surface area contributed by atoms with Crippen molar-refractivity contribution in [1.29, 1.82) is 0 Å². The molecule has 0 aromatic heterocycles. The van der Waals surface area contributed by atoms with Crippen molar-refractivity contribution in [2.45, 2.75) is 26.1 Å². The molecule has 1 rings (SSSR count). The van der Waals surface area contributed by atoms with Crippen LogP contribution in [-0.4, -0.2) is 12.2 Å². The zero-order valence-electron chi connectivity index (χ0n) is 6.87. The van der Waals surface area contributed by atoms with Crippen LogP contribution in [-0.2, 0) is 0 Å². The van der Waals surface area contributed by atoms with Gasteiger partial charge in [0.1, 0.15) is 0 Å². The van der Waals surface area contributed by atoms with Gasteiger partial charge in [0.2, 0.25) is 0 Å². The Bertz CT molecular complexity index is 237. The molecule has 1 unspecified atom stereocenters. The average molecular weight is 177 g/mol. The molecule has 0 bridgehead atoms. The molecule has 68 valence electrons. The van der Waals surface area contributed by atoms with E-state index in [0.717, 1.165) is 6.08 Å². The van der Waals surface area contributed by atoms with E-state index in [2.05, 4.69) is 5.32 Å². The van der Waals surface area contributed by atoms with E-state index in [1.54, 1.807) is 13.8 Å². The van der Waals surface area contributed by atoms with Crippen LogP contribution in [0.25, 0.3) is 0 Å². The molecule has 0 aliphatic carbocycles. The summed E-state index contributed by atoms with van der Waals surface area (Å²) in [5, 5.41) is 2.87. The molecule has 0 aromatic carbocycles. The Morgan fingerprint density at radius 1 is 1.42 bits per heavy atom. The summed E-state index contributed by atoms with van der Waals surface area (Å²) < 4.78 is 36.4. The standard InChI is InChI=1S/C8H10F3N/c1-5-3-7(8(9,10)11)4-6(2)12-5/h3-5,12H,1-2H3. The molecule has 0 spiro atoms. The zero-order chi connectivity index (χ0) is 9.35. The predicted molar refractivity (Wildman–Crippen MR) is 40.5 cm³/mol. The number of dihydropyridines is 1. The van der Waals surface area contributed by atoms with Crippen LogP contribution >= 0.6 is 0 Å². The highest BCUT2D eigenvalue weighted by Crippen LogP contribution is 2.29. The number of rotatable bonds is 0. The quantitative estimate of drug-likeness (QED) is 0.599. The minimum Gasteiger partial charge on any atom is -0.383 e. The van der Waals surface area contributed by atoms with Crippen molar-refractivity contribution in [2.75, 3.05) is 0 Å². The van der Waals surface area contributed by atoms with E-state index in [-0.39, 0.29) is 6.04 Å². The average Bonchev–Trinajstić information content (AvgIpc) is 1.82. The van der Waals surface area contributed by atoms with E-state index in [1.165, 1.54) is 6.08 Å². The van der Waals surface area contributed by atoms with Crippen molar-refractivity contribution < 1.29 is 13.2 Å². The fraction of sp³-hybridized carbons (Fsp3) is 0.500. The monoisotopic (exact) mass is 177 g/mol. The lowest BCUT2D eigenvalue weighted by Crippen LogP contribution is -2.28. The highest BCUT2D eigenvalue weighted by Gasteiger charge is 2.33. The summed E-state index contributed by atoms with van der Waals surface area (Å²) in [6, 6.07) is -0.244.